The van der Waals surface area contributed by atoms with Gasteiger partial charge in [0.25, 0.3) is 0 Å². The van der Waals surface area contributed by atoms with Crippen LogP contribution in [0.3, 0.4) is 0 Å². The first-order valence-electron chi connectivity index (χ1n) is 43.7. The van der Waals surface area contributed by atoms with Crippen molar-refractivity contribution in [1.29, 1.82) is 0 Å². The largest absolute Gasteiger partial charge is 0.508 e. The van der Waals surface area contributed by atoms with Gasteiger partial charge >= 0.3 is 11.9 Å². The fourth-order valence-electron chi connectivity index (χ4n) is 16.2. The van der Waals surface area contributed by atoms with Crippen LogP contribution >= 0.6 is 11.8 Å². The first-order chi connectivity index (χ1) is 64.4. The number of para-hydroxylation sites is 1. The Kier molecular flexibility index (Phi) is 37.7. The number of rotatable bonds is 24. The number of hydrogen-bond acceptors (Lipinski definition) is 23. The number of carboxylic acids is 2. The lowest BCUT2D eigenvalue weighted by atomic mass is 9.98. The number of aliphatic hydroxyl groups is 2. The van der Waals surface area contributed by atoms with Gasteiger partial charge in [-0.2, -0.15) is 0 Å². The van der Waals surface area contributed by atoms with E-state index in [2.05, 4.69) is 52.8 Å². The van der Waals surface area contributed by atoms with Crippen LogP contribution in [0.25, 0.3) is 10.9 Å². The Hall–Kier alpha value is -14.2. The van der Waals surface area contributed by atoms with Crippen molar-refractivity contribution in [3.63, 3.8) is 0 Å². The maximum Gasteiger partial charge on any atom is 0.305 e. The Morgan fingerprint density at radius 1 is 0.493 bits per heavy atom. The lowest BCUT2D eigenvalue weighted by Gasteiger charge is -2.38. The minimum absolute atomic E-state index is 0.165. The van der Waals surface area contributed by atoms with Crippen LogP contribution in [0.1, 0.15) is 106 Å². The molecule has 0 bridgehead atoms. The number of H-pyrrole nitrogens is 1. The third-order valence-electron chi connectivity index (χ3n) is 23.5. The number of amides is 16. The second-order valence-corrected chi connectivity index (χ2v) is 35.0. The minimum atomic E-state index is -2.11. The normalized spacial score (nSPS) is 24.3. The van der Waals surface area contributed by atoms with Crippen molar-refractivity contribution in [2.75, 3.05) is 52.3 Å². The van der Waals surface area contributed by atoms with Gasteiger partial charge in [-0.05, 0) is 89.0 Å². The van der Waals surface area contributed by atoms with Gasteiger partial charge in [0, 0.05) is 108 Å². The molecule has 5 aromatic carbocycles. The van der Waals surface area contributed by atoms with Crippen LogP contribution in [0.15, 0.2) is 121 Å². The first-order valence-corrected chi connectivity index (χ1v) is 44.9. The van der Waals surface area contributed by atoms with Gasteiger partial charge in [0.05, 0.1) is 37.3 Å². The highest BCUT2D eigenvalue weighted by Crippen LogP contribution is 2.29. The number of fused-ring (bicyclic) bond motifs is 3. The van der Waals surface area contributed by atoms with Crippen LogP contribution in [0.5, 0.6) is 11.5 Å². The van der Waals surface area contributed by atoms with Crippen molar-refractivity contribution in [3.05, 3.63) is 167 Å². The van der Waals surface area contributed by atoms with Gasteiger partial charge in [-0.25, -0.2) is 13.2 Å². The molecule has 0 spiro atoms. The third-order valence-corrected chi connectivity index (χ3v) is 24.5. The summed E-state index contributed by atoms with van der Waals surface area (Å²) in [6.45, 7) is 2.48. The first kappa shape index (κ1) is 105. The molecule has 3 aliphatic rings. The summed E-state index contributed by atoms with van der Waals surface area (Å²) in [7, 11) is 3.39. The fourth-order valence-corrected chi connectivity index (χ4v) is 17.1. The topological polar surface area (TPSA) is 621 Å². The molecule has 16 amide bonds. The van der Waals surface area contributed by atoms with E-state index in [9.17, 15) is 78.2 Å². The highest BCUT2D eigenvalue weighted by molar-refractivity contribution is 8.00. The molecule has 3 aliphatic heterocycles. The number of aromatic amines is 1. The van der Waals surface area contributed by atoms with Gasteiger partial charge in [-0.3, -0.25) is 86.3 Å². The van der Waals surface area contributed by atoms with Gasteiger partial charge in [-0.1, -0.05) is 106 Å². The number of nitrogens with two attached hydrogens (primary N) is 2. The summed E-state index contributed by atoms with van der Waals surface area (Å²) in [5.41, 5.74) is 12.3. The van der Waals surface area contributed by atoms with E-state index in [4.69, 9.17) is 11.5 Å². The number of likely N-dealkylation sites (N-methyl/N-ethyl adjacent to an activating group) is 3. The summed E-state index contributed by atoms with van der Waals surface area (Å²) in [5, 5.41) is 86.5. The van der Waals surface area contributed by atoms with Gasteiger partial charge in [-0.15, -0.1) is 11.8 Å². The SMILES string of the molecule is CCCC[C@H]1C(=O)N2C[C@H](O)C[C@@H]2C(=O)N[C@@H](CC(=O)O)C(=O)N[C@@H](C(C)C)C(=O)N(C)[C@@H](Cc2ccccc2)C(=O)N[C@@H](CCC(=O)O)C(=O)N2C[C@H](O)C[C@@H]2C(=O)N[C@@H](Cc2c[nH]c3ccccc23)C(=O)N[C@@H](Cc2ccc(O)cc2)C(=O)N[C@@H](CC(N)=O)C(=O)N[C@H](C(=O)NCC(N)=O)CSCC(=O)N[C@@H](Cc2cc(F)c(F)c(F)c2)C(=O)N(C)[C@@H](Cc2ccc(O)cc2)C(=O)N1C. The van der Waals surface area contributed by atoms with E-state index >= 15 is 51.9 Å². The van der Waals surface area contributed by atoms with E-state index in [0.29, 0.717) is 52.3 Å². The van der Waals surface area contributed by atoms with E-state index < -0.39 is 321 Å². The average Bonchev–Trinajstić information content (AvgIpc) is 1.66. The molecule has 1 aromatic heterocycles. The lowest BCUT2D eigenvalue weighted by Crippen LogP contribution is -2.62. The summed E-state index contributed by atoms with van der Waals surface area (Å²) in [6, 6.07) is 1.88. The zero-order valence-corrected chi connectivity index (χ0v) is 76.0. The Morgan fingerprint density at radius 2 is 0.985 bits per heavy atom. The number of unbranched alkanes of at least 4 members (excludes halogenated alkanes) is 1. The highest BCUT2D eigenvalue weighted by Gasteiger charge is 2.49. The number of aromatic nitrogens is 1. The van der Waals surface area contributed by atoms with Crippen molar-refractivity contribution in [2.24, 2.45) is 17.4 Å². The third kappa shape index (κ3) is 28.9. The van der Waals surface area contributed by atoms with E-state index in [-0.39, 0.29) is 41.9 Å². The predicted octanol–water partition coefficient (Wildman–Crippen LogP) is -1.80. The molecule has 0 aliphatic carbocycles. The van der Waals surface area contributed by atoms with Crippen molar-refractivity contribution < 1.29 is 130 Å². The summed E-state index contributed by atoms with van der Waals surface area (Å²) in [6.07, 6.45) is -8.87. The number of aromatic hydroxyl groups is 2. The number of nitrogens with one attached hydrogen (secondary N) is 10. The number of carboxylic acid groups (broad SMARTS) is 2. The predicted molar refractivity (Wildman–Crippen MR) is 480 cm³/mol. The van der Waals surface area contributed by atoms with Crippen molar-refractivity contribution in [3.8, 4) is 11.5 Å². The highest BCUT2D eigenvalue weighted by atomic mass is 32.2. The molecule has 0 saturated carbocycles. The Labute approximate surface area is 782 Å². The molecule has 4 heterocycles. The van der Waals surface area contributed by atoms with E-state index in [1.165, 1.54) is 68.6 Å². The summed E-state index contributed by atoms with van der Waals surface area (Å²) < 4.78 is 45.1. The number of nitrogens with zero attached hydrogens (tertiary/aromatic N) is 5. The van der Waals surface area contributed by atoms with E-state index in [1.807, 2.05) is 0 Å². The van der Waals surface area contributed by atoms with Crippen molar-refractivity contribution in [1.82, 2.24) is 77.3 Å². The molecule has 45 heteroatoms. The van der Waals surface area contributed by atoms with Crippen LogP contribution in [0, 0.1) is 23.4 Å². The molecule has 3 fully saturated rings. The minimum Gasteiger partial charge on any atom is -0.508 e. The van der Waals surface area contributed by atoms with Crippen molar-refractivity contribution >= 4 is 129 Å². The van der Waals surface area contributed by atoms with Crippen LogP contribution in [0.4, 0.5) is 13.2 Å². The molecule has 0 unspecified atom stereocenters. The molecular formula is C91H112F3N17O24S. The second-order valence-electron chi connectivity index (χ2n) is 34.0. The molecule has 6 aromatic rings. The zero-order chi connectivity index (χ0) is 99.8. The summed E-state index contributed by atoms with van der Waals surface area (Å²) >= 11 is 0.529. The molecular weight excluding hydrogens is 1800 g/mol. The molecule has 15 atom stereocenters. The number of carbonyl (C=O) groups is 18. The fraction of sp³-hybridized carbons (Fsp3) is 0.451. The number of halogens is 3. The number of primary amides is 2. The standard InChI is InChI=1S/C91H112F3N17O24S/c1-7-8-18-67-90(134)111-43-55(115)37-70(111)86(130)104-64(39-76(121)122)83(127)106-78(46(2)3)91(135)108(5)68(33-47-14-10-9-11-15-47)84(128)100-60(27-28-75(119)120)88(132)110-42-54(114)36-69(110)85(129)103-62(35-51-40-97-59-17-13-12-16-56(51)59)81(125)101-61(31-48-19-23-52(112)24-20-48)80(124)102-63(38-72(95)116)82(126)105-66(79(123)98-41-73(96)117)44-136-45-74(118)99-65(32-50-29-57(92)77(94)58(93)30-50)87(131)109(6)71(89(133)107(67)4)34-49-21-25-53(113)26-22-49/h9-17,19-26,29-30,40,46,54-55,60-71,78,97,112-115H,7-8,18,27-28,31-39,41-45H2,1-6H3,(H2,95,116)(H2,96,117)(H,98,123)(H,99,118)(H,100,128)(H,101,125)(H,102,124)(H,103,129)(H,104,130)(H,105,126)(H,106,127)(H,119,120)(H,121,122)/t54-,55-,60+,61+,62+,63+,64+,65+,66+,67+,68+,69-,70-,71+,78+/m1/s1. The number of phenols is 2. The number of carbonyl (C=O) groups excluding carboxylic acids is 16. The molecule has 3 saturated heterocycles. The summed E-state index contributed by atoms with van der Waals surface area (Å²) in [5.74, 6) is -30.4. The van der Waals surface area contributed by atoms with Crippen molar-refractivity contribution in [2.45, 2.75) is 201 Å². The summed E-state index contributed by atoms with van der Waals surface area (Å²) in [4.78, 5) is 270. The molecule has 41 nitrogen and oxygen atoms in total. The molecule has 9 rings (SSSR count). The maximum absolute atomic E-state index is 15.7. The van der Waals surface area contributed by atoms with Crippen LogP contribution in [-0.2, 0) is 118 Å². The van der Waals surface area contributed by atoms with Gasteiger partial charge < -0.3 is 119 Å². The van der Waals surface area contributed by atoms with Gasteiger partial charge in [0.15, 0.2) is 17.5 Å². The number of thioether (sulfide) groups is 1. The van der Waals surface area contributed by atoms with Gasteiger partial charge in [0.1, 0.15) is 90.0 Å². The smallest absolute Gasteiger partial charge is 0.305 e. The zero-order valence-electron chi connectivity index (χ0n) is 75.2. The number of aliphatic hydroxyl groups excluding tert-OH is 2. The number of phenolic OH excluding ortho intramolecular Hbond substituents is 2. The average molecular weight is 1920 g/mol. The van der Waals surface area contributed by atoms with E-state index in [1.54, 1.807) is 61.5 Å². The number of aliphatic carboxylic acids is 2. The monoisotopic (exact) mass is 1920 g/mol. The van der Waals surface area contributed by atoms with Gasteiger partial charge in [0.2, 0.25) is 94.5 Å². The second kappa shape index (κ2) is 48.6. The van der Waals surface area contributed by atoms with E-state index in [0.717, 1.165) is 45.6 Å². The molecule has 732 valence electrons. The molecule has 136 heavy (non-hydrogen) atoms. The number of benzene rings is 5. The Bertz CT molecular complexity index is 5390. The quantitative estimate of drug-likeness (QED) is 0.0297. The Morgan fingerprint density at radius 3 is 1.56 bits per heavy atom. The molecule has 20 N–H and O–H groups in total. The van der Waals surface area contributed by atoms with Crippen LogP contribution in [-0.4, -0.2) is 310 Å². The lowest BCUT2D eigenvalue weighted by molar-refractivity contribution is -0.152. The van der Waals surface area contributed by atoms with Crippen LogP contribution in [0.2, 0.25) is 0 Å². The maximum atomic E-state index is 15.7. The molecule has 0 radical (unpaired) electrons. The van der Waals surface area contributed by atoms with Crippen LogP contribution < -0.4 is 59.3 Å². The Balaban J connectivity index is 1.15. The number of hydrogen-bond donors (Lipinski definition) is 18.